The van der Waals surface area contributed by atoms with Gasteiger partial charge in [-0.2, -0.15) is 0 Å². The van der Waals surface area contributed by atoms with E-state index in [9.17, 15) is 4.79 Å². The summed E-state index contributed by atoms with van der Waals surface area (Å²) >= 11 is 1.57. The highest BCUT2D eigenvalue weighted by molar-refractivity contribution is 7.16. The number of nitrogens with one attached hydrogen (secondary N) is 1. The van der Waals surface area contributed by atoms with Crippen molar-refractivity contribution in [3.63, 3.8) is 0 Å². The van der Waals surface area contributed by atoms with E-state index in [0.717, 1.165) is 39.8 Å². The molecule has 1 atom stereocenters. The van der Waals surface area contributed by atoms with E-state index in [4.69, 9.17) is 13.9 Å². The summed E-state index contributed by atoms with van der Waals surface area (Å²) in [6, 6.07) is 13.6. The van der Waals surface area contributed by atoms with Crippen LogP contribution >= 0.6 is 11.3 Å². The minimum Gasteiger partial charge on any atom is -0.497 e. The lowest BCUT2D eigenvalue weighted by molar-refractivity contribution is 0.0241. The lowest BCUT2D eigenvalue weighted by Crippen LogP contribution is -2.39. The molecule has 1 amide bonds. The van der Waals surface area contributed by atoms with Crippen molar-refractivity contribution in [1.82, 2.24) is 4.90 Å². The van der Waals surface area contributed by atoms with Gasteiger partial charge >= 0.3 is 0 Å². The highest BCUT2D eigenvalue weighted by Crippen LogP contribution is 2.40. The first kappa shape index (κ1) is 19.7. The van der Waals surface area contributed by atoms with Gasteiger partial charge in [0, 0.05) is 23.5 Å². The van der Waals surface area contributed by atoms with Gasteiger partial charge in [0.25, 0.3) is 5.91 Å². The van der Waals surface area contributed by atoms with Gasteiger partial charge in [-0.15, -0.1) is 11.3 Å². The number of aryl methyl sites for hydroxylation is 1. The summed E-state index contributed by atoms with van der Waals surface area (Å²) < 4.78 is 16.3. The fourth-order valence-electron chi connectivity index (χ4n) is 3.64. The summed E-state index contributed by atoms with van der Waals surface area (Å²) in [5.41, 5.74) is 2.19. The molecule has 152 valence electrons. The van der Waals surface area contributed by atoms with Gasteiger partial charge in [0.1, 0.15) is 10.8 Å². The molecule has 0 aliphatic carbocycles. The first-order chi connectivity index (χ1) is 14.2. The predicted molar refractivity (Wildman–Crippen MR) is 113 cm³/mol. The number of morpholine rings is 1. The number of hydrogen-bond acceptors (Lipinski definition) is 6. The second-order valence-electron chi connectivity index (χ2n) is 6.90. The zero-order chi connectivity index (χ0) is 20.2. The Labute approximate surface area is 174 Å². The average molecular weight is 413 g/mol. The van der Waals surface area contributed by atoms with Gasteiger partial charge in [0.05, 0.1) is 32.6 Å². The van der Waals surface area contributed by atoms with E-state index >= 15 is 0 Å². The van der Waals surface area contributed by atoms with Crippen LogP contribution in [0.1, 0.15) is 32.6 Å². The first-order valence-corrected chi connectivity index (χ1v) is 10.4. The fourth-order valence-corrected chi connectivity index (χ4v) is 4.58. The molecule has 1 aliphatic heterocycles. The third-order valence-electron chi connectivity index (χ3n) is 4.97. The number of benzene rings is 1. The second-order valence-corrected chi connectivity index (χ2v) is 8.16. The number of anilines is 1. The Kier molecular flexibility index (Phi) is 5.99. The maximum Gasteiger partial charge on any atom is 0.291 e. The van der Waals surface area contributed by atoms with Gasteiger partial charge < -0.3 is 19.2 Å². The van der Waals surface area contributed by atoms with Crippen molar-refractivity contribution < 1.29 is 18.7 Å². The number of carbonyl (C=O) groups excluding carboxylic acids is 1. The number of amides is 1. The standard InChI is InChI=1S/C22H24N2O4S/c1-15-13-18(22(29-15)23-21(25)19-7-4-10-28-19)20(24-8-11-27-12-9-24)16-5-3-6-17(14-16)26-2/h3-7,10,13-14,20H,8-9,11-12H2,1-2H3,(H,23,25). The summed E-state index contributed by atoms with van der Waals surface area (Å²) in [5, 5.41) is 3.88. The molecule has 3 heterocycles. The molecular weight excluding hydrogens is 388 g/mol. The Bertz CT molecular complexity index is 961. The van der Waals surface area contributed by atoms with Gasteiger partial charge in [-0.1, -0.05) is 12.1 Å². The summed E-state index contributed by atoms with van der Waals surface area (Å²) in [6.07, 6.45) is 1.50. The Morgan fingerprint density at radius 2 is 2.03 bits per heavy atom. The molecule has 1 saturated heterocycles. The van der Waals surface area contributed by atoms with E-state index in [2.05, 4.69) is 35.3 Å². The van der Waals surface area contributed by atoms with Crippen molar-refractivity contribution in [2.24, 2.45) is 0 Å². The molecule has 1 N–H and O–H groups in total. The highest BCUT2D eigenvalue weighted by Gasteiger charge is 2.29. The van der Waals surface area contributed by atoms with Crippen LogP contribution in [0.2, 0.25) is 0 Å². The van der Waals surface area contributed by atoms with Crippen molar-refractivity contribution in [3.8, 4) is 5.75 Å². The maximum atomic E-state index is 12.6. The lowest BCUT2D eigenvalue weighted by atomic mass is 9.97. The molecule has 0 bridgehead atoms. The fraction of sp³-hybridized carbons (Fsp3) is 0.318. The van der Waals surface area contributed by atoms with Crippen LogP contribution < -0.4 is 10.1 Å². The van der Waals surface area contributed by atoms with Crippen LogP contribution in [0.5, 0.6) is 5.75 Å². The van der Waals surface area contributed by atoms with Crippen molar-refractivity contribution in [2.75, 3.05) is 38.7 Å². The Balaban J connectivity index is 1.73. The number of thiophene rings is 1. The molecule has 1 aliphatic rings. The lowest BCUT2D eigenvalue weighted by Gasteiger charge is -2.35. The van der Waals surface area contributed by atoms with Crippen molar-refractivity contribution in [3.05, 3.63) is 70.5 Å². The smallest absolute Gasteiger partial charge is 0.291 e. The molecule has 29 heavy (non-hydrogen) atoms. The van der Waals surface area contributed by atoms with Crippen LogP contribution in [-0.4, -0.2) is 44.2 Å². The predicted octanol–water partition coefficient (Wildman–Crippen LogP) is 4.33. The van der Waals surface area contributed by atoms with Crippen molar-refractivity contribution >= 4 is 22.2 Å². The molecule has 0 saturated carbocycles. The van der Waals surface area contributed by atoms with Gasteiger partial charge in [-0.3, -0.25) is 9.69 Å². The van der Waals surface area contributed by atoms with Crippen LogP contribution in [0.3, 0.4) is 0 Å². The molecule has 1 aromatic carbocycles. The van der Waals surface area contributed by atoms with Crippen LogP contribution in [0.4, 0.5) is 5.00 Å². The van der Waals surface area contributed by atoms with Crippen LogP contribution in [0.25, 0.3) is 0 Å². The number of rotatable bonds is 6. The number of nitrogens with zero attached hydrogens (tertiary/aromatic N) is 1. The quantitative estimate of drug-likeness (QED) is 0.653. The Hall–Kier alpha value is -2.61. The van der Waals surface area contributed by atoms with E-state index in [-0.39, 0.29) is 11.9 Å². The highest BCUT2D eigenvalue weighted by atomic mass is 32.1. The zero-order valence-corrected chi connectivity index (χ0v) is 17.3. The molecule has 4 rings (SSSR count). The van der Waals surface area contributed by atoms with Crippen LogP contribution in [0, 0.1) is 6.92 Å². The molecule has 1 unspecified atom stereocenters. The number of methoxy groups -OCH3 is 1. The molecule has 6 nitrogen and oxygen atoms in total. The largest absolute Gasteiger partial charge is 0.497 e. The monoisotopic (exact) mass is 412 g/mol. The van der Waals surface area contributed by atoms with Crippen molar-refractivity contribution in [1.29, 1.82) is 0 Å². The van der Waals surface area contributed by atoms with E-state index < -0.39 is 0 Å². The molecule has 0 spiro atoms. The SMILES string of the molecule is COc1cccc(C(c2cc(C)sc2NC(=O)c2ccco2)N2CCOCC2)c1. The number of carbonyl (C=O) groups is 1. The molecular formula is C22H24N2O4S. The molecule has 2 aromatic heterocycles. The van der Waals surface area contributed by atoms with Gasteiger partial charge in [0.15, 0.2) is 5.76 Å². The summed E-state index contributed by atoms with van der Waals surface area (Å²) in [6.45, 7) is 5.08. The maximum absolute atomic E-state index is 12.6. The topological polar surface area (TPSA) is 63.9 Å². The average Bonchev–Trinajstić information content (AvgIpc) is 3.40. The third-order valence-corrected chi connectivity index (χ3v) is 5.95. The summed E-state index contributed by atoms with van der Waals surface area (Å²) in [4.78, 5) is 16.1. The molecule has 7 heteroatoms. The first-order valence-electron chi connectivity index (χ1n) is 9.56. The minimum absolute atomic E-state index is 0.00847. The molecule has 1 fully saturated rings. The minimum atomic E-state index is -0.246. The number of ether oxygens (including phenoxy) is 2. The molecule has 0 radical (unpaired) electrons. The van der Waals surface area contributed by atoms with Crippen LogP contribution in [-0.2, 0) is 4.74 Å². The molecule has 3 aromatic rings. The third kappa shape index (κ3) is 4.37. The van der Waals surface area contributed by atoms with E-state index in [1.807, 2.05) is 12.1 Å². The number of furan rings is 1. The Morgan fingerprint density at radius 3 is 2.76 bits per heavy atom. The summed E-state index contributed by atoms with van der Waals surface area (Å²) in [7, 11) is 1.67. The van der Waals surface area contributed by atoms with Gasteiger partial charge in [0.2, 0.25) is 0 Å². The normalized spacial score (nSPS) is 15.8. The zero-order valence-electron chi connectivity index (χ0n) is 16.5. The van der Waals surface area contributed by atoms with E-state index in [1.165, 1.54) is 6.26 Å². The van der Waals surface area contributed by atoms with Crippen LogP contribution in [0.15, 0.2) is 53.1 Å². The second kappa shape index (κ2) is 8.82. The number of hydrogen-bond donors (Lipinski definition) is 1. The Morgan fingerprint density at radius 1 is 1.21 bits per heavy atom. The summed E-state index contributed by atoms with van der Waals surface area (Å²) in [5.74, 6) is 0.865. The van der Waals surface area contributed by atoms with E-state index in [1.54, 1.807) is 30.6 Å². The van der Waals surface area contributed by atoms with Crippen molar-refractivity contribution in [2.45, 2.75) is 13.0 Å². The van der Waals surface area contributed by atoms with Gasteiger partial charge in [-0.25, -0.2) is 0 Å². The van der Waals surface area contributed by atoms with Gasteiger partial charge in [-0.05, 0) is 42.8 Å². The van der Waals surface area contributed by atoms with E-state index in [0.29, 0.717) is 19.0 Å².